The van der Waals surface area contributed by atoms with E-state index in [9.17, 15) is 5.11 Å². The molecule has 0 aromatic carbocycles. The highest BCUT2D eigenvalue weighted by Crippen LogP contribution is 2.16. The van der Waals surface area contributed by atoms with E-state index in [-0.39, 0.29) is 18.8 Å². The summed E-state index contributed by atoms with van der Waals surface area (Å²) in [7, 11) is 0. The molecule has 0 spiro atoms. The minimum atomic E-state index is 0.0803. The van der Waals surface area contributed by atoms with Crippen molar-refractivity contribution in [3.63, 3.8) is 0 Å². The van der Waals surface area contributed by atoms with Gasteiger partial charge in [-0.3, -0.25) is 0 Å². The summed E-state index contributed by atoms with van der Waals surface area (Å²) in [5, 5.41) is 12.6. The largest absolute Gasteiger partial charge is 0.395 e. The molecule has 3 unspecified atom stereocenters. The molecular weight excluding hydrogens is 194 g/mol. The molecular formula is C11H21NO3. The molecule has 0 bridgehead atoms. The van der Waals surface area contributed by atoms with Gasteiger partial charge in [0.2, 0.25) is 0 Å². The molecule has 2 N–H and O–H groups in total. The van der Waals surface area contributed by atoms with Gasteiger partial charge in [-0.25, -0.2) is 0 Å². The topological polar surface area (TPSA) is 50.7 Å². The first kappa shape index (κ1) is 11.3. The first-order valence-electron chi connectivity index (χ1n) is 5.97. The monoisotopic (exact) mass is 215 g/mol. The average molecular weight is 215 g/mol. The van der Waals surface area contributed by atoms with Crippen molar-refractivity contribution in [2.75, 3.05) is 26.4 Å². The third-order valence-electron chi connectivity index (χ3n) is 3.24. The molecule has 2 rings (SSSR count). The molecule has 2 aliphatic rings. The summed E-state index contributed by atoms with van der Waals surface area (Å²) >= 11 is 0. The summed E-state index contributed by atoms with van der Waals surface area (Å²) in [4.78, 5) is 0. The van der Waals surface area contributed by atoms with Gasteiger partial charge in [-0.2, -0.15) is 0 Å². The van der Waals surface area contributed by atoms with Crippen molar-refractivity contribution >= 4 is 0 Å². The molecule has 0 saturated carbocycles. The van der Waals surface area contributed by atoms with Crippen molar-refractivity contribution in [2.24, 2.45) is 0 Å². The normalized spacial score (nSPS) is 33.4. The van der Waals surface area contributed by atoms with Gasteiger partial charge >= 0.3 is 0 Å². The average Bonchev–Trinajstić information content (AvgIpc) is 2.90. The van der Waals surface area contributed by atoms with Gasteiger partial charge in [0, 0.05) is 19.8 Å². The standard InChI is InChI=1S/C11H21NO3/c13-8-10(11-4-2-6-15-11)12-7-9-3-1-5-14-9/h9-13H,1-8H2. The molecule has 0 amide bonds. The van der Waals surface area contributed by atoms with Crippen molar-refractivity contribution in [1.82, 2.24) is 5.32 Å². The van der Waals surface area contributed by atoms with Gasteiger partial charge in [0.25, 0.3) is 0 Å². The Labute approximate surface area is 90.9 Å². The van der Waals surface area contributed by atoms with Crippen molar-refractivity contribution in [3.8, 4) is 0 Å². The molecule has 2 aliphatic heterocycles. The van der Waals surface area contributed by atoms with Crippen LogP contribution in [0.4, 0.5) is 0 Å². The highest BCUT2D eigenvalue weighted by Gasteiger charge is 2.26. The second kappa shape index (κ2) is 5.80. The number of rotatable bonds is 5. The predicted molar refractivity (Wildman–Crippen MR) is 56.8 cm³/mol. The molecule has 4 heteroatoms. The van der Waals surface area contributed by atoms with Crippen LogP contribution >= 0.6 is 0 Å². The zero-order valence-corrected chi connectivity index (χ0v) is 9.15. The minimum absolute atomic E-state index is 0.0803. The zero-order chi connectivity index (χ0) is 10.5. The lowest BCUT2D eigenvalue weighted by Gasteiger charge is -2.23. The van der Waals surface area contributed by atoms with Crippen LogP contribution in [-0.4, -0.2) is 49.7 Å². The Bertz CT molecular complexity index is 177. The maximum atomic E-state index is 9.28. The number of hydrogen-bond donors (Lipinski definition) is 2. The maximum Gasteiger partial charge on any atom is 0.0751 e. The Hall–Kier alpha value is -0.160. The third-order valence-corrected chi connectivity index (χ3v) is 3.24. The quantitative estimate of drug-likeness (QED) is 0.692. The van der Waals surface area contributed by atoms with Crippen molar-refractivity contribution in [1.29, 1.82) is 0 Å². The third kappa shape index (κ3) is 3.14. The van der Waals surface area contributed by atoms with Gasteiger partial charge in [0.05, 0.1) is 24.9 Å². The van der Waals surface area contributed by atoms with Crippen LogP contribution in [0.2, 0.25) is 0 Å². The van der Waals surface area contributed by atoms with E-state index in [1.165, 1.54) is 0 Å². The fraction of sp³-hybridized carbons (Fsp3) is 1.00. The van der Waals surface area contributed by atoms with Crippen molar-refractivity contribution in [3.05, 3.63) is 0 Å². The highest BCUT2D eigenvalue weighted by atomic mass is 16.5. The molecule has 88 valence electrons. The number of hydrogen-bond acceptors (Lipinski definition) is 4. The SMILES string of the molecule is OCC(NCC1CCCO1)C1CCCO1. The molecule has 2 fully saturated rings. The van der Waals surface area contributed by atoms with Crippen LogP contribution in [0.15, 0.2) is 0 Å². The second-order valence-electron chi connectivity index (χ2n) is 4.38. The van der Waals surface area contributed by atoms with E-state index in [2.05, 4.69) is 5.32 Å². The Balaban J connectivity index is 1.69. The van der Waals surface area contributed by atoms with Gasteiger partial charge < -0.3 is 19.9 Å². The molecule has 2 saturated heterocycles. The van der Waals surface area contributed by atoms with E-state index in [1.807, 2.05) is 0 Å². The van der Waals surface area contributed by atoms with Crippen LogP contribution < -0.4 is 5.32 Å². The second-order valence-corrected chi connectivity index (χ2v) is 4.38. The molecule has 0 aromatic rings. The Kier molecular flexibility index (Phi) is 4.38. The predicted octanol–water partition coefficient (Wildman–Crippen LogP) is 0.295. The fourth-order valence-electron chi connectivity index (χ4n) is 2.32. The number of nitrogens with one attached hydrogen (secondary N) is 1. The lowest BCUT2D eigenvalue weighted by atomic mass is 10.1. The van der Waals surface area contributed by atoms with E-state index in [0.717, 1.165) is 45.4 Å². The van der Waals surface area contributed by atoms with E-state index in [4.69, 9.17) is 9.47 Å². The number of aliphatic hydroxyl groups is 1. The summed E-state index contributed by atoms with van der Waals surface area (Å²) in [6.45, 7) is 2.71. The molecule has 3 atom stereocenters. The van der Waals surface area contributed by atoms with E-state index >= 15 is 0 Å². The Morgan fingerprint density at radius 3 is 2.60 bits per heavy atom. The maximum absolute atomic E-state index is 9.28. The van der Waals surface area contributed by atoms with Crippen LogP contribution in [0.1, 0.15) is 25.7 Å². The summed E-state index contributed by atoms with van der Waals surface area (Å²) in [6, 6.07) is 0.0803. The molecule has 0 aliphatic carbocycles. The summed E-state index contributed by atoms with van der Waals surface area (Å²) in [6.07, 6.45) is 5.00. The van der Waals surface area contributed by atoms with Gasteiger partial charge in [-0.15, -0.1) is 0 Å². The van der Waals surface area contributed by atoms with E-state index in [0.29, 0.717) is 6.10 Å². The summed E-state index contributed by atoms with van der Waals surface area (Å²) in [5.41, 5.74) is 0. The van der Waals surface area contributed by atoms with Crippen LogP contribution in [-0.2, 0) is 9.47 Å². The van der Waals surface area contributed by atoms with E-state index in [1.54, 1.807) is 0 Å². The lowest BCUT2D eigenvalue weighted by molar-refractivity contribution is 0.0451. The number of aliphatic hydroxyl groups excluding tert-OH is 1. The van der Waals surface area contributed by atoms with Gasteiger partial charge in [-0.05, 0) is 25.7 Å². The first-order chi connectivity index (χ1) is 7.40. The van der Waals surface area contributed by atoms with Crippen LogP contribution in [0.3, 0.4) is 0 Å². The first-order valence-corrected chi connectivity index (χ1v) is 5.97. The highest BCUT2D eigenvalue weighted by molar-refractivity contribution is 4.81. The van der Waals surface area contributed by atoms with Crippen LogP contribution in [0.25, 0.3) is 0 Å². The molecule has 4 nitrogen and oxygen atoms in total. The van der Waals surface area contributed by atoms with Gasteiger partial charge in [0.1, 0.15) is 0 Å². The smallest absolute Gasteiger partial charge is 0.0751 e. The molecule has 2 heterocycles. The van der Waals surface area contributed by atoms with Crippen LogP contribution in [0.5, 0.6) is 0 Å². The van der Waals surface area contributed by atoms with Gasteiger partial charge in [0.15, 0.2) is 0 Å². The lowest BCUT2D eigenvalue weighted by Crippen LogP contribution is -2.45. The van der Waals surface area contributed by atoms with Crippen molar-refractivity contribution in [2.45, 2.75) is 43.9 Å². The van der Waals surface area contributed by atoms with Gasteiger partial charge in [-0.1, -0.05) is 0 Å². The number of ether oxygens (including phenoxy) is 2. The summed E-state index contributed by atoms with van der Waals surface area (Å²) in [5.74, 6) is 0. The Morgan fingerprint density at radius 1 is 1.20 bits per heavy atom. The molecule has 0 aromatic heterocycles. The molecule has 0 radical (unpaired) electrons. The fourth-order valence-corrected chi connectivity index (χ4v) is 2.32. The summed E-state index contributed by atoms with van der Waals surface area (Å²) < 4.78 is 11.1. The minimum Gasteiger partial charge on any atom is -0.395 e. The van der Waals surface area contributed by atoms with Crippen molar-refractivity contribution < 1.29 is 14.6 Å². The van der Waals surface area contributed by atoms with E-state index < -0.39 is 0 Å². The Morgan fingerprint density at radius 2 is 2.00 bits per heavy atom. The zero-order valence-electron chi connectivity index (χ0n) is 9.15. The molecule has 15 heavy (non-hydrogen) atoms. The van der Waals surface area contributed by atoms with Crippen LogP contribution in [0, 0.1) is 0 Å².